The fraction of sp³-hybridized carbons (Fsp3) is 0.385. The molecule has 0 aromatic heterocycles. The Kier molecular flexibility index (Phi) is 6.11. The predicted octanol–water partition coefficient (Wildman–Crippen LogP) is 2.55. The van der Waals surface area contributed by atoms with Crippen molar-refractivity contribution < 1.29 is 24.2 Å². The summed E-state index contributed by atoms with van der Waals surface area (Å²) in [7, 11) is 2.92. The van der Waals surface area contributed by atoms with Crippen LogP contribution in [-0.4, -0.2) is 31.2 Å². The summed E-state index contributed by atoms with van der Waals surface area (Å²) in [6.07, 6.45) is 0.336. The summed E-state index contributed by atoms with van der Waals surface area (Å²) in [5.41, 5.74) is 0.425. The van der Waals surface area contributed by atoms with Crippen molar-refractivity contribution in [2.24, 2.45) is 0 Å². The van der Waals surface area contributed by atoms with Gasteiger partial charge in [0.25, 0.3) is 0 Å². The smallest absolute Gasteiger partial charge is 0.303 e. The minimum absolute atomic E-state index is 0.0471. The monoisotopic (exact) mass is 301 g/mol. The van der Waals surface area contributed by atoms with E-state index < -0.39 is 5.97 Å². The lowest BCUT2D eigenvalue weighted by Crippen LogP contribution is -2.12. The highest BCUT2D eigenvalue weighted by Gasteiger charge is 2.12. The number of aliphatic carboxylic acids is 1. The molecule has 0 fully saturated rings. The first-order chi connectivity index (χ1) is 9.47. The first-order valence-corrected chi connectivity index (χ1v) is 6.29. The molecule has 0 atom stereocenters. The maximum Gasteiger partial charge on any atom is 0.303 e. The Bertz CT molecular complexity index is 504. The summed E-state index contributed by atoms with van der Waals surface area (Å²) in [5.74, 6) is -0.409. The second-order valence-electron chi connectivity index (χ2n) is 3.98. The zero-order chi connectivity index (χ0) is 15.1. The number of ether oxygens (including phenoxy) is 2. The SMILES string of the molecule is COc1cc(NC(=O)CCCC(=O)O)c(OC)cc1Cl. The van der Waals surface area contributed by atoms with Crippen molar-refractivity contribution in [1.29, 1.82) is 0 Å². The number of rotatable bonds is 7. The second-order valence-corrected chi connectivity index (χ2v) is 4.39. The number of carboxylic acid groups (broad SMARTS) is 1. The Labute approximate surface area is 121 Å². The van der Waals surface area contributed by atoms with E-state index in [0.29, 0.717) is 22.2 Å². The van der Waals surface area contributed by atoms with Crippen LogP contribution >= 0.6 is 11.6 Å². The van der Waals surface area contributed by atoms with Crippen LogP contribution in [0.3, 0.4) is 0 Å². The van der Waals surface area contributed by atoms with Gasteiger partial charge in [-0.2, -0.15) is 0 Å². The van der Waals surface area contributed by atoms with Crippen LogP contribution in [0.5, 0.6) is 11.5 Å². The molecule has 0 bridgehead atoms. The molecule has 20 heavy (non-hydrogen) atoms. The molecule has 1 rings (SSSR count). The Hall–Kier alpha value is -1.95. The van der Waals surface area contributed by atoms with Gasteiger partial charge in [-0.25, -0.2) is 0 Å². The van der Waals surface area contributed by atoms with Crippen molar-refractivity contribution in [1.82, 2.24) is 0 Å². The predicted molar refractivity (Wildman–Crippen MR) is 74.7 cm³/mol. The lowest BCUT2D eigenvalue weighted by Gasteiger charge is -2.13. The number of hydrogen-bond donors (Lipinski definition) is 2. The Morgan fingerprint density at radius 2 is 1.85 bits per heavy atom. The Morgan fingerprint density at radius 3 is 2.40 bits per heavy atom. The van der Waals surface area contributed by atoms with E-state index in [1.807, 2.05) is 0 Å². The van der Waals surface area contributed by atoms with Crippen LogP contribution in [0.25, 0.3) is 0 Å². The fourth-order valence-corrected chi connectivity index (χ4v) is 1.80. The normalized spacial score (nSPS) is 9.95. The molecule has 0 aliphatic carbocycles. The van der Waals surface area contributed by atoms with Gasteiger partial charge in [-0.3, -0.25) is 9.59 Å². The first-order valence-electron chi connectivity index (χ1n) is 5.91. The third-order valence-electron chi connectivity index (χ3n) is 2.54. The van der Waals surface area contributed by atoms with E-state index in [1.54, 1.807) is 6.07 Å². The van der Waals surface area contributed by atoms with Crippen molar-refractivity contribution >= 4 is 29.2 Å². The van der Waals surface area contributed by atoms with Gasteiger partial charge in [-0.1, -0.05) is 11.6 Å². The average Bonchev–Trinajstić information content (AvgIpc) is 2.39. The molecule has 0 spiro atoms. The summed E-state index contributed by atoms with van der Waals surface area (Å²) in [5, 5.41) is 11.5. The van der Waals surface area contributed by atoms with E-state index >= 15 is 0 Å². The number of amides is 1. The minimum Gasteiger partial charge on any atom is -0.495 e. The molecule has 0 aliphatic heterocycles. The molecule has 7 heteroatoms. The molecule has 0 heterocycles. The number of nitrogens with one attached hydrogen (secondary N) is 1. The summed E-state index contributed by atoms with van der Waals surface area (Å²) >= 11 is 5.95. The van der Waals surface area contributed by atoms with Gasteiger partial charge in [0.1, 0.15) is 11.5 Å². The van der Waals surface area contributed by atoms with Gasteiger partial charge in [0.05, 0.1) is 24.9 Å². The standard InChI is InChI=1S/C13H16ClNO5/c1-19-10-7-9(11(20-2)6-8(10)14)15-12(16)4-3-5-13(17)18/h6-7H,3-5H2,1-2H3,(H,15,16)(H,17,18). The van der Waals surface area contributed by atoms with Crippen LogP contribution in [0, 0.1) is 0 Å². The number of carbonyl (C=O) groups is 2. The van der Waals surface area contributed by atoms with E-state index in [0.717, 1.165) is 0 Å². The molecule has 0 aliphatic rings. The largest absolute Gasteiger partial charge is 0.495 e. The zero-order valence-electron chi connectivity index (χ0n) is 11.2. The van der Waals surface area contributed by atoms with Crippen LogP contribution in [0.1, 0.15) is 19.3 Å². The van der Waals surface area contributed by atoms with Gasteiger partial charge in [0.2, 0.25) is 5.91 Å². The number of carboxylic acids is 1. The van der Waals surface area contributed by atoms with Gasteiger partial charge in [-0.05, 0) is 6.42 Å². The van der Waals surface area contributed by atoms with Crippen LogP contribution in [0.4, 0.5) is 5.69 Å². The highest BCUT2D eigenvalue weighted by Crippen LogP contribution is 2.35. The topological polar surface area (TPSA) is 84.9 Å². The third-order valence-corrected chi connectivity index (χ3v) is 2.84. The van der Waals surface area contributed by atoms with Gasteiger partial charge >= 0.3 is 5.97 Å². The molecule has 0 radical (unpaired) electrons. The highest BCUT2D eigenvalue weighted by molar-refractivity contribution is 6.32. The Balaban J connectivity index is 2.75. The van der Waals surface area contributed by atoms with Crippen LogP contribution in [0.2, 0.25) is 5.02 Å². The van der Waals surface area contributed by atoms with E-state index in [-0.39, 0.29) is 25.2 Å². The number of benzene rings is 1. The molecule has 1 aromatic carbocycles. The highest BCUT2D eigenvalue weighted by atomic mass is 35.5. The van der Waals surface area contributed by atoms with Crippen LogP contribution in [-0.2, 0) is 9.59 Å². The molecule has 6 nitrogen and oxygen atoms in total. The van der Waals surface area contributed by atoms with Crippen molar-refractivity contribution in [3.8, 4) is 11.5 Å². The van der Waals surface area contributed by atoms with Gasteiger partial charge in [0, 0.05) is 25.0 Å². The second kappa shape index (κ2) is 7.59. The third kappa shape index (κ3) is 4.62. The van der Waals surface area contributed by atoms with Gasteiger partial charge < -0.3 is 19.9 Å². The van der Waals surface area contributed by atoms with Gasteiger partial charge in [-0.15, -0.1) is 0 Å². The number of carbonyl (C=O) groups excluding carboxylic acids is 1. The molecular weight excluding hydrogens is 286 g/mol. The number of methoxy groups -OCH3 is 2. The lowest BCUT2D eigenvalue weighted by molar-refractivity contribution is -0.137. The van der Waals surface area contributed by atoms with E-state index in [1.165, 1.54) is 20.3 Å². The summed E-state index contributed by atoms with van der Waals surface area (Å²) < 4.78 is 10.2. The maximum absolute atomic E-state index is 11.7. The molecule has 0 saturated carbocycles. The van der Waals surface area contributed by atoms with Crippen molar-refractivity contribution in [2.45, 2.75) is 19.3 Å². The number of halogens is 1. The minimum atomic E-state index is -0.927. The van der Waals surface area contributed by atoms with Crippen molar-refractivity contribution in [3.63, 3.8) is 0 Å². The maximum atomic E-state index is 11.7. The van der Waals surface area contributed by atoms with Gasteiger partial charge in [0.15, 0.2) is 0 Å². The van der Waals surface area contributed by atoms with Crippen LogP contribution < -0.4 is 14.8 Å². The summed E-state index contributed by atoms with van der Waals surface area (Å²) in [6.45, 7) is 0. The summed E-state index contributed by atoms with van der Waals surface area (Å²) in [6, 6.07) is 3.09. The van der Waals surface area contributed by atoms with Crippen molar-refractivity contribution in [2.75, 3.05) is 19.5 Å². The molecule has 0 saturated heterocycles. The molecule has 1 aromatic rings. The number of anilines is 1. The molecule has 0 unspecified atom stereocenters. The quantitative estimate of drug-likeness (QED) is 0.808. The number of hydrogen-bond acceptors (Lipinski definition) is 4. The Morgan fingerprint density at radius 1 is 1.20 bits per heavy atom. The van der Waals surface area contributed by atoms with Crippen LogP contribution in [0.15, 0.2) is 12.1 Å². The van der Waals surface area contributed by atoms with Crippen molar-refractivity contribution in [3.05, 3.63) is 17.2 Å². The molecule has 2 N–H and O–H groups in total. The molecule has 1 amide bonds. The zero-order valence-corrected chi connectivity index (χ0v) is 12.0. The average molecular weight is 302 g/mol. The molecular formula is C13H16ClNO5. The molecule has 110 valence electrons. The van der Waals surface area contributed by atoms with E-state index in [4.69, 9.17) is 26.2 Å². The first kappa shape index (κ1) is 16.1. The summed E-state index contributed by atoms with van der Waals surface area (Å²) in [4.78, 5) is 22.1. The van der Waals surface area contributed by atoms with E-state index in [9.17, 15) is 9.59 Å². The fourth-order valence-electron chi connectivity index (χ4n) is 1.57. The lowest BCUT2D eigenvalue weighted by atomic mass is 10.2. The van der Waals surface area contributed by atoms with E-state index in [2.05, 4.69) is 5.32 Å².